The van der Waals surface area contributed by atoms with Gasteiger partial charge in [-0.3, -0.25) is 0 Å². The number of nitrogens with one attached hydrogen (secondary N) is 1. The first-order valence-electron chi connectivity index (χ1n) is 6.11. The molecule has 0 saturated heterocycles. The zero-order chi connectivity index (χ0) is 12.6. The van der Waals surface area contributed by atoms with Crippen LogP contribution in [-0.4, -0.2) is 18.2 Å². The van der Waals surface area contributed by atoms with Crippen LogP contribution in [0.3, 0.4) is 0 Å². The van der Waals surface area contributed by atoms with E-state index in [0.717, 1.165) is 11.0 Å². The normalized spacial score (nSPS) is 15.5. The van der Waals surface area contributed by atoms with Crippen LogP contribution in [0.25, 0.3) is 0 Å². The highest BCUT2D eigenvalue weighted by Crippen LogP contribution is 2.22. The first-order chi connectivity index (χ1) is 7.90. The van der Waals surface area contributed by atoms with Gasteiger partial charge in [0.2, 0.25) is 0 Å². The standard InChI is InChI=1S/C13H20BNO2/c1-9(2)15-13(3,4)11-6-5-10-8-17-14(16)12(10)7-11/h5-7,9,15-16H,8H2,1-4H3. The summed E-state index contributed by atoms with van der Waals surface area (Å²) in [5.74, 6) is 0. The summed E-state index contributed by atoms with van der Waals surface area (Å²) in [6, 6.07) is 6.61. The number of benzene rings is 1. The molecule has 1 heterocycles. The van der Waals surface area contributed by atoms with Crippen molar-refractivity contribution < 1.29 is 9.68 Å². The summed E-state index contributed by atoms with van der Waals surface area (Å²) in [5, 5.41) is 13.2. The molecule has 1 aromatic carbocycles. The minimum Gasteiger partial charge on any atom is -0.423 e. The van der Waals surface area contributed by atoms with Gasteiger partial charge in [-0.1, -0.05) is 32.0 Å². The van der Waals surface area contributed by atoms with Crippen LogP contribution in [0.15, 0.2) is 18.2 Å². The zero-order valence-electron chi connectivity index (χ0n) is 10.9. The molecule has 92 valence electrons. The van der Waals surface area contributed by atoms with Crippen molar-refractivity contribution in [2.45, 2.75) is 45.9 Å². The van der Waals surface area contributed by atoms with E-state index in [9.17, 15) is 5.02 Å². The molecule has 4 heteroatoms. The van der Waals surface area contributed by atoms with Crippen molar-refractivity contribution in [3.05, 3.63) is 29.3 Å². The van der Waals surface area contributed by atoms with E-state index in [2.05, 4.69) is 39.1 Å². The van der Waals surface area contributed by atoms with Gasteiger partial charge in [0, 0.05) is 11.6 Å². The van der Waals surface area contributed by atoms with Gasteiger partial charge in [-0.15, -0.1) is 0 Å². The fraction of sp³-hybridized carbons (Fsp3) is 0.538. The van der Waals surface area contributed by atoms with Crippen LogP contribution in [0.4, 0.5) is 0 Å². The minimum atomic E-state index is -0.764. The lowest BCUT2D eigenvalue weighted by Gasteiger charge is -2.30. The van der Waals surface area contributed by atoms with Crippen LogP contribution in [0.1, 0.15) is 38.8 Å². The van der Waals surface area contributed by atoms with Gasteiger partial charge in [-0.25, -0.2) is 0 Å². The molecule has 0 bridgehead atoms. The summed E-state index contributed by atoms with van der Waals surface area (Å²) in [5.41, 5.74) is 3.06. The predicted molar refractivity (Wildman–Crippen MR) is 70.1 cm³/mol. The van der Waals surface area contributed by atoms with Gasteiger partial charge in [0.05, 0.1) is 6.61 Å². The van der Waals surface area contributed by atoms with E-state index in [1.54, 1.807) is 0 Å². The van der Waals surface area contributed by atoms with Gasteiger partial charge in [0.1, 0.15) is 0 Å². The molecule has 0 fully saturated rings. The van der Waals surface area contributed by atoms with E-state index in [1.807, 2.05) is 12.1 Å². The van der Waals surface area contributed by atoms with Crippen LogP contribution in [0, 0.1) is 0 Å². The summed E-state index contributed by atoms with van der Waals surface area (Å²) < 4.78 is 5.21. The molecule has 3 nitrogen and oxygen atoms in total. The Labute approximate surface area is 103 Å². The summed E-state index contributed by atoms with van der Waals surface area (Å²) in [6.45, 7) is 9.07. The van der Waals surface area contributed by atoms with E-state index >= 15 is 0 Å². The largest absolute Gasteiger partial charge is 0.491 e. The molecule has 0 aromatic heterocycles. The number of fused-ring (bicyclic) bond motifs is 1. The van der Waals surface area contributed by atoms with Crippen LogP contribution in [-0.2, 0) is 16.8 Å². The number of rotatable bonds is 3. The van der Waals surface area contributed by atoms with Gasteiger partial charge in [0.25, 0.3) is 0 Å². The monoisotopic (exact) mass is 233 g/mol. The fourth-order valence-corrected chi connectivity index (χ4v) is 2.41. The van der Waals surface area contributed by atoms with E-state index in [1.165, 1.54) is 5.56 Å². The molecule has 0 amide bonds. The predicted octanol–water partition coefficient (Wildman–Crippen LogP) is 1.14. The van der Waals surface area contributed by atoms with Crippen molar-refractivity contribution in [1.82, 2.24) is 5.32 Å². The Morgan fingerprint density at radius 3 is 2.76 bits per heavy atom. The van der Waals surface area contributed by atoms with Crippen LogP contribution in [0.5, 0.6) is 0 Å². The van der Waals surface area contributed by atoms with E-state index < -0.39 is 7.12 Å². The molecular weight excluding hydrogens is 213 g/mol. The zero-order valence-corrected chi connectivity index (χ0v) is 10.9. The Bertz CT molecular complexity index is 418. The topological polar surface area (TPSA) is 41.5 Å². The molecule has 1 aliphatic heterocycles. The Hall–Kier alpha value is -0.835. The second-order valence-electron chi connectivity index (χ2n) is 5.50. The highest BCUT2D eigenvalue weighted by molar-refractivity contribution is 6.61. The summed E-state index contributed by atoms with van der Waals surface area (Å²) in [6.07, 6.45) is 0. The van der Waals surface area contributed by atoms with Crippen LogP contribution >= 0.6 is 0 Å². The summed E-state index contributed by atoms with van der Waals surface area (Å²) >= 11 is 0. The highest BCUT2D eigenvalue weighted by atomic mass is 16.5. The first-order valence-corrected chi connectivity index (χ1v) is 6.11. The average molecular weight is 233 g/mol. The van der Waals surface area contributed by atoms with Gasteiger partial charge in [-0.05, 0) is 30.4 Å². The van der Waals surface area contributed by atoms with Gasteiger partial charge in [-0.2, -0.15) is 0 Å². The molecule has 0 spiro atoms. The number of hydrogen-bond acceptors (Lipinski definition) is 3. The fourth-order valence-electron chi connectivity index (χ4n) is 2.41. The Kier molecular flexibility index (Phi) is 3.30. The van der Waals surface area contributed by atoms with Crippen molar-refractivity contribution in [2.24, 2.45) is 0 Å². The SMILES string of the molecule is CC(C)NC(C)(C)c1ccc2c(c1)B(O)OC2. The van der Waals surface area contributed by atoms with Crippen LogP contribution < -0.4 is 10.8 Å². The maximum absolute atomic E-state index is 9.71. The molecule has 2 N–H and O–H groups in total. The maximum Gasteiger partial charge on any atom is 0.491 e. The Morgan fingerprint density at radius 1 is 1.41 bits per heavy atom. The highest BCUT2D eigenvalue weighted by Gasteiger charge is 2.30. The van der Waals surface area contributed by atoms with Crippen molar-refractivity contribution >= 4 is 12.6 Å². The molecule has 2 rings (SSSR count). The van der Waals surface area contributed by atoms with Gasteiger partial charge < -0.3 is 15.0 Å². The van der Waals surface area contributed by atoms with E-state index in [-0.39, 0.29) is 5.54 Å². The lowest BCUT2D eigenvalue weighted by molar-refractivity contribution is 0.275. The lowest BCUT2D eigenvalue weighted by atomic mass is 9.77. The molecule has 17 heavy (non-hydrogen) atoms. The maximum atomic E-state index is 9.71. The van der Waals surface area contributed by atoms with Crippen molar-refractivity contribution in [1.29, 1.82) is 0 Å². The quantitative estimate of drug-likeness (QED) is 0.769. The molecule has 0 unspecified atom stereocenters. The third-order valence-electron chi connectivity index (χ3n) is 3.18. The van der Waals surface area contributed by atoms with Gasteiger partial charge >= 0.3 is 7.12 Å². The minimum absolute atomic E-state index is 0.106. The molecule has 1 aromatic rings. The van der Waals surface area contributed by atoms with Crippen LogP contribution in [0.2, 0.25) is 0 Å². The average Bonchev–Trinajstić information content (AvgIpc) is 2.58. The second-order valence-corrected chi connectivity index (χ2v) is 5.50. The van der Waals surface area contributed by atoms with Crippen molar-refractivity contribution in [3.63, 3.8) is 0 Å². The summed E-state index contributed by atoms with van der Waals surface area (Å²) in [4.78, 5) is 0. The molecule has 0 aliphatic carbocycles. The third kappa shape index (κ3) is 2.54. The van der Waals surface area contributed by atoms with E-state index in [4.69, 9.17) is 4.65 Å². The summed E-state index contributed by atoms with van der Waals surface area (Å²) in [7, 11) is -0.764. The number of hydrogen-bond donors (Lipinski definition) is 2. The lowest BCUT2D eigenvalue weighted by Crippen LogP contribution is -2.42. The Balaban J connectivity index is 2.31. The van der Waals surface area contributed by atoms with Crippen molar-refractivity contribution in [2.75, 3.05) is 0 Å². The second kappa shape index (κ2) is 4.44. The Morgan fingerprint density at radius 2 is 2.12 bits per heavy atom. The molecule has 1 aliphatic rings. The molecule has 0 radical (unpaired) electrons. The molecule has 0 saturated carbocycles. The van der Waals surface area contributed by atoms with E-state index in [0.29, 0.717) is 12.6 Å². The smallest absolute Gasteiger partial charge is 0.423 e. The third-order valence-corrected chi connectivity index (χ3v) is 3.18. The molecule has 0 atom stereocenters. The molecular formula is C13H20BNO2. The van der Waals surface area contributed by atoms with Gasteiger partial charge in [0.15, 0.2) is 0 Å². The van der Waals surface area contributed by atoms with Crippen molar-refractivity contribution in [3.8, 4) is 0 Å². The first kappa shape index (κ1) is 12.6.